The van der Waals surface area contributed by atoms with Gasteiger partial charge in [0.05, 0.1) is 39.6 Å². The van der Waals surface area contributed by atoms with Crippen LogP contribution in [0.5, 0.6) is 11.5 Å². The van der Waals surface area contributed by atoms with E-state index in [9.17, 15) is 19.5 Å². The van der Waals surface area contributed by atoms with Gasteiger partial charge in [0.1, 0.15) is 11.5 Å². The summed E-state index contributed by atoms with van der Waals surface area (Å²) in [5.74, 6) is -3.96. The number of benzene rings is 2. The first-order chi connectivity index (χ1) is 24.2. The number of allylic oxidation sites excluding steroid dienone is 2. The number of hydrogen-bond acceptors (Lipinski definition) is 8. The number of ether oxygens (including phenoxy) is 1. The number of thiophene rings is 1. The van der Waals surface area contributed by atoms with E-state index in [4.69, 9.17) is 21.4 Å². The van der Waals surface area contributed by atoms with Gasteiger partial charge >= 0.3 is 0 Å². The molecule has 2 saturated heterocycles. The molecule has 4 aliphatic rings. The summed E-state index contributed by atoms with van der Waals surface area (Å²) in [7, 11) is 3.16. The maximum Gasteiger partial charge on any atom is 0.242 e. The van der Waals surface area contributed by atoms with E-state index in [0.29, 0.717) is 37.5 Å². The third-order valence-electron chi connectivity index (χ3n) is 11.6. The Labute approximate surface area is 319 Å². The van der Waals surface area contributed by atoms with E-state index < -0.39 is 40.9 Å². The Balaban J connectivity index is 1.29. The highest BCUT2D eigenvalue weighted by atomic mass is 79.9. The number of amides is 4. The predicted octanol–water partition coefficient (Wildman–Crippen LogP) is 7.75. The number of rotatable bonds is 5. The number of phenols is 1. The third kappa shape index (κ3) is 4.66. The van der Waals surface area contributed by atoms with E-state index in [-0.39, 0.29) is 42.2 Å². The van der Waals surface area contributed by atoms with Crippen molar-refractivity contribution in [1.82, 2.24) is 14.7 Å². The number of aromatic hydroxyl groups is 1. The van der Waals surface area contributed by atoms with Crippen molar-refractivity contribution in [3.63, 3.8) is 0 Å². The van der Waals surface area contributed by atoms with Crippen molar-refractivity contribution in [2.45, 2.75) is 39.5 Å². The number of halogens is 3. The standard InChI is InChI=1S/C37H33Br2ClN4O6S/c1-6-43-33(46)18-9-8-17-20(27(18)35(43)48)12-22-34(47)44(36(49)37(22,3)28(17)21-13-24(50-5)31(45)30(39)29(21)38)26-14-23(41-42(26)4)32-15(2)19-11-16(40)7-10-25(19)51-32/h7-8,10-11,13-14,18,20,22,27-28,45H,6,9,12H2,1-5H3. The van der Waals surface area contributed by atoms with Gasteiger partial charge in [-0.3, -0.25) is 28.8 Å². The number of methoxy groups -OCH3 is 1. The maximum absolute atomic E-state index is 15.1. The Kier molecular flexibility index (Phi) is 8.14. The van der Waals surface area contributed by atoms with Crippen molar-refractivity contribution in [2.75, 3.05) is 18.6 Å². The van der Waals surface area contributed by atoms with Crippen molar-refractivity contribution in [3.8, 4) is 22.1 Å². The minimum absolute atomic E-state index is 0.119. The van der Waals surface area contributed by atoms with Gasteiger partial charge in [-0.2, -0.15) is 5.10 Å². The zero-order chi connectivity index (χ0) is 36.4. The van der Waals surface area contributed by atoms with Crippen molar-refractivity contribution >= 4 is 94.3 Å². The Morgan fingerprint density at radius 1 is 1.08 bits per heavy atom. The van der Waals surface area contributed by atoms with E-state index in [1.165, 1.54) is 16.9 Å². The first-order valence-electron chi connectivity index (χ1n) is 16.7. The molecular weight excluding hydrogens is 824 g/mol. The lowest BCUT2D eigenvalue weighted by Crippen LogP contribution is -2.49. The summed E-state index contributed by atoms with van der Waals surface area (Å²) in [6, 6.07) is 9.20. The van der Waals surface area contributed by atoms with Crippen LogP contribution in [0.4, 0.5) is 5.82 Å². The lowest BCUT2D eigenvalue weighted by Gasteiger charge is -2.49. The number of nitrogens with zero attached hydrogens (tertiary/aromatic N) is 4. The topological polar surface area (TPSA) is 122 Å². The van der Waals surface area contributed by atoms with Crippen LogP contribution < -0.4 is 9.64 Å². The summed E-state index contributed by atoms with van der Waals surface area (Å²) in [5, 5.41) is 17.3. The summed E-state index contributed by atoms with van der Waals surface area (Å²) in [6.45, 7) is 5.88. The lowest BCUT2D eigenvalue weighted by molar-refractivity contribution is -0.140. The van der Waals surface area contributed by atoms with Crippen LogP contribution in [0, 0.1) is 36.0 Å². The Morgan fingerprint density at radius 3 is 2.53 bits per heavy atom. The van der Waals surface area contributed by atoms with Crippen LogP contribution in [0.2, 0.25) is 5.02 Å². The van der Waals surface area contributed by atoms with Gasteiger partial charge < -0.3 is 9.84 Å². The van der Waals surface area contributed by atoms with Gasteiger partial charge in [-0.1, -0.05) is 23.3 Å². The number of imide groups is 2. The van der Waals surface area contributed by atoms with Gasteiger partial charge in [-0.05, 0) is 112 Å². The Bertz CT molecular complexity index is 2280. The van der Waals surface area contributed by atoms with Crippen molar-refractivity contribution in [2.24, 2.45) is 36.1 Å². The number of carbonyl (C=O) groups excluding carboxylic acids is 4. The van der Waals surface area contributed by atoms with Gasteiger partial charge in [-0.15, -0.1) is 11.3 Å². The van der Waals surface area contributed by atoms with E-state index >= 15 is 4.79 Å². The highest BCUT2D eigenvalue weighted by molar-refractivity contribution is 9.13. The Morgan fingerprint density at radius 2 is 1.82 bits per heavy atom. The minimum atomic E-state index is -1.30. The van der Waals surface area contributed by atoms with E-state index in [2.05, 4.69) is 31.9 Å². The highest BCUT2D eigenvalue weighted by Crippen LogP contribution is 2.65. The van der Waals surface area contributed by atoms with Crippen molar-refractivity contribution in [3.05, 3.63) is 67.1 Å². The molecular formula is C37H33Br2ClN4O6S. The summed E-state index contributed by atoms with van der Waals surface area (Å²) in [4.78, 5) is 60.7. The molecule has 1 N–H and O–H groups in total. The molecule has 2 aromatic carbocycles. The van der Waals surface area contributed by atoms with Gasteiger partial charge in [0.15, 0.2) is 11.5 Å². The van der Waals surface area contributed by atoms with Crippen LogP contribution in [-0.4, -0.2) is 57.1 Å². The lowest BCUT2D eigenvalue weighted by atomic mass is 9.51. The molecule has 3 fully saturated rings. The quantitative estimate of drug-likeness (QED) is 0.161. The fourth-order valence-corrected chi connectivity index (χ4v) is 11.4. The molecule has 2 aliphatic heterocycles. The molecule has 8 rings (SSSR count). The minimum Gasteiger partial charge on any atom is -0.503 e. The molecule has 6 unspecified atom stereocenters. The summed E-state index contributed by atoms with van der Waals surface area (Å²) in [5.41, 5.74) is 1.78. The van der Waals surface area contributed by atoms with Crippen LogP contribution in [0.15, 0.2) is 50.9 Å². The van der Waals surface area contributed by atoms with Crippen LogP contribution >= 0.6 is 54.8 Å². The zero-order valence-electron chi connectivity index (χ0n) is 28.3. The summed E-state index contributed by atoms with van der Waals surface area (Å²) < 4.78 is 9.00. The second kappa shape index (κ2) is 12.0. The second-order valence-corrected chi connectivity index (χ2v) is 17.0. The molecule has 2 aromatic heterocycles. The SMILES string of the molecule is CCN1C(=O)C2CC=C3C(CC4C(=O)N(c5cc(-c6sc7ccc(Cl)cc7c6C)nn5C)C(=O)C4(C)C3c3cc(OC)c(O)c(Br)c3Br)C2C1=O. The summed E-state index contributed by atoms with van der Waals surface area (Å²) >= 11 is 15.0. The largest absolute Gasteiger partial charge is 0.503 e. The van der Waals surface area contributed by atoms with Crippen LogP contribution in [0.3, 0.4) is 0 Å². The summed E-state index contributed by atoms with van der Waals surface area (Å²) in [6.07, 6.45) is 2.58. The van der Waals surface area contributed by atoms with Crippen LogP contribution in [0.25, 0.3) is 20.7 Å². The first kappa shape index (κ1) is 34.6. The average Bonchev–Trinajstić information content (AvgIpc) is 3.77. The molecule has 6 atom stereocenters. The van der Waals surface area contributed by atoms with Gasteiger partial charge in [0.2, 0.25) is 23.6 Å². The molecule has 0 spiro atoms. The first-order valence-corrected chi connectivity index (χ1v) is 19.4. The normalized spacial score (nSPS) is 27.3. The van der Waals surface area contributed by atoms with Crippen molar-refractivity contribution in [1.29, 1.82) is 0 Å². The van der Waals surface area contributed by atoms with E-state index in [0.717, 1.165) is 26.1 Å². The molecule has 14 heteroatoms. The smallest absolute Gasteiger partial charge is 0.242 e. The van der Waals surface area contributed by atoms with E-state index in [1.807, 2.05) is 38.1 Å². The van der Waals surface area contributed by atoms with Crippen LogP contribution in [-0.2, 0) is 26.2 Å². The molecule has 1 saturated carbocycles. The van der Waals surface area contributed by atoms with Crippen LogP contribution in [0.1, 0.15) is 43.7 Å². The molecule has 10 nitrogen and oxygen atoms in total. The number of hydrogen-bond donors (Lipinski definition) is 1. The van der Waals surface area contributed by atoms with Gasteiger partial charge in [0.25, 0.3) is 0 Å². The van der Waals surface area contributed by atoms with E-state index in [1.54, 1.807) is 42.1 Å². The predicted molar refractivity (Wildman–Crippen MR) is 201 cm³/mol. The molecule has 51 heavy (non-hydrogen) atoms. The van der Waals surface area contributed by atoms with Crippen molar-refractivity contribution < 1.29 is 29.0 Å². The third-order valence-corrected chi connectivity index (χ3v) is 15.3. The monoisotopic (exact) mass is 854 g/mol. The molecule has 4 aromatic rings. The molecule has 0 bridgehead atoms. The van der Waals surface area contributed by atoms with Gasteiger partial charge in [0, 0.05) is 39.8 Å². The molecule has 2 aliphatic carbocycles. The zero-order valence-corrected chi connectivity index (χ0v) is 33.0. The maximum atomic E-state index is 15.1. The number of likely N-dealkylation sites (tertiary alicyclic amines) is 1. The number of phenolic OH excluding ortho intramolecular Hbond substituents is 1. The second-order valence-electron chi connectivity index (χ2n) is 13.9. The number of anilines is 1. The molecule has 0 radical (unpaired) electrons. The average molecular weight is 857 g/mol. The fraction of sp³-hybridized carbons (Fsp3) is 0.378. The number of aromatic nitrogens is 2. The molecule has 264 valence electrons. The number of fused-ring (bicyclic) bond motifs is 5. The Hall–Kier alpha value is -3.52. The molecule has 4 heterocycles. The number of aryl methyl sites for hydroxylation is 2. The highest BCUT2D eigenvalue weighted by Gasteiger charge is 2.68. The molecule has 4 amide bonds. The number of carbonyl (C=O) groups is 4. The fourth-order valence-electron chi connectivity index (χ4n) is 9.15. The van der Waals surface area contributed by atoms with Gasteiger partial charge in [-0.25, -0.2) is 4.90 Å².